The molecule has 0 spiro atoms. The molecular weight excluding hydrogens is 288 g/mol. The molecule has 2 aromatic rings. The van der Waals surface area contributed by atoms with Crippen LogP contribution < -0.4 is 15.6 Å². The van der Waals surface area contributed by atoms with Gasteiger partial charge in [-0.2, -0.15) is 5.10 Å². The molecular formula is C14H16N4O4. The SMILES string of the molecule is COCCn1nc(C(=O)Nc2ccc(OC)nc2)ccc1=O. The van der Waals surface area contributed by atoms with E-state index in [0.717, 1.165) is 0 Å². The Hall–Kier alpha value is -2.74. The van der Waals surface area contributed by atoms with Gasteiger partial charge >= 0.3 is 0 Å². The molecule has 0 saturated carbocycles. The topological polar surface area (TPSA) is 95.3 Å². The van der Waals surface area contributed by atoms with E-state index < -0.39 is 5.91 Å². The third kappa shape index (κ3) is 3.89. The first-order valence-electron chi connectivity index (χ1n) is 6.52. The standard InChI is InChI=1S/C14H16N4O4/c1-21-8-7-18-13(19)6-4-11(17-18)14(20)16-10-3-5-12(22-2)15-9-10/h3-6,9H,7-8H2,1-2H3,(H,16,20). The van der Waals surface area contributed by atoms with Gasteiger partial charge in [-0.05, 0) is 12.1 Å². The average molecular weight is 304 g/mol. The lowest BCUT2D eigenvalue weighted by Gasteiger charge is -2.07. The van der Waals surface area contributed by atoms with Gasteiger partial charge in [-0.1, -0.05) is 0 Å². The zero-order valence-electron chi connectivity index (χ0n) is 12.3. The molecule has 2 aromatic heterocycles. The third-order valence-electron chi connectivity index (χ3n) is 2.81. The van der Waals surface area contributed by atoms with Crippen molar-refractivity contribution in [3.05, 3.63) is 46.5 Å². The van der Waals surface area contributed by atoms with Gasteiger partial charge in [-0.15, -0.1) is 0 Å². The number of ether oxygens (including phenoxy) is 2. The fourth-order valence-corrected chi connectivity index (χ4v) is 1.68. The van der Waals surface area contributed by atoms with Crippen LogP contribution in [0.25, 0.3) is 0 Å². The summed E-state index contributed by atoms with van der Waals surface area (Å²) >= 11 is 0. The predicted octanol–water partition coefficient (Wildman–Crippen LogP) is 0.546. The van der Waals surface area contributed by atoms with Gasteiger partial charge in [0, 0.05) is 19.2 Å². The highest BCUT2D eigenvalue weighted by atomic mass is 16.5. The summed E-state index contributed by atoms with van der Waals surface area (Å²) < 4.78 is 11.0. The molecule has 0 aliphatic rings. The second-order valence-electron chi connectivity index (χ2n) is 4.32. The summed E-state index contributed by atoms with van der Waals surface area (Å²) in [5, 5.41) is 6.65. The van der Waals surface area contributed by atoms with Crippen LogP contribution >= 0.6 is 0 Å². The molecule has 0 radical (unpaired) electrons. The minimum Gasteiger partial charge on any atom is -0.481 e. The fourth-order valence-electron chi connectivity index (χ4n) is 1.68. The van der Waals surface area contributed by atoms with Crippen LogP contribution in [0.2, 0.25) is 0 Å². The molecule has 0 bridgehead atoms. The van der Waals surface area contributed by atoms with Crippen LogP contribution in [0.4, 0.5) is 5.69 Å². The van der Waals surface area contributed by atoms with Crippen molar-refractivity contribution in [2.45, 2.75) is 6.54 Å². The summed E-state index contributed by atoms with van der Waals surface area (Å²) in [6, 6.07) is 5.95. The van der Waals surface area contributed by atoms with Gasteiger partial charge < -0.3 is 14.8 Å². The van der Waals surface area contributed by atoms with Crippen LogP contribution in [-0.2, 0) is 11.3 Å². The first-order valence-corrected chi connectivity index (χ1v) is 6.52. The van der Waals surface area contributed by atoms with Gasteiger partial charge in [0.25, 0.3) is 11.5 Å². The van der Waals surface area contributed by atoms with Crippen molar-refractivity contribution in [1.29, 1.82) is 0 Å². The van der Waals surface area contributed by atoms with Crippen LogP contribution in [0.1, 0.15) is 10.5 Å². The minimum atomic E-state index is -0.432. The highest BCUT2D eigenvalue weighted by Gasteiger charge is 2.10. The maximum atomic E-state index is 12.1. The number of carbonyl (C=O) groups is 1. The van der Waals surface area contributed by atoms with Crippen LogP contribution in [0.3, 0.4) is 0 Å². The average Bonchev–Trinajstić information content (AvgIpc) is 2.54. The molecule has 1 amide bonds. The van der Waals surface area contributed by atoms with E-state index >= 15 is 0 Å². The smallest absolute Gasteiger partial charge is 0.276 e. The van der Waals surface area contributed by atoms with Crippen molar-refractivity contribution >= 4 is 11.6 Å². The van der Waals surface area contributed by atoms with Crippen LogP contribution in [0, 0.1) is 0 Å². The number of aromatic nitrogens is 3. The Kier molecular flexibility index (Phi) is 5.21. The van der Waals surface area contributed by atoms with Gasteiger partial charge in [0.15, 0.2) is 0 Å². The van der Waals surface area contributed by atoms with Crippen LogP contribution in [0.15, 0.2) is 35.3 Å². The molecule has 2 heterocycles. The molecule has 0 atom stereocenters. The highest BCUT2D eigenvalue weighted by molar-refractivity contribution is 6.02. The molecule has 116 valence electrons. The van der Waals surface area contributed by atoms with Gasteiger partial charge in [0.05, 0.1) is 32.1 Å². The van der Waals surface area contributed by atoms with Gasteiger partial charge in [-0.3, -0.25) is 9.59 Å². The Bertz CT molecular complexity index is 697. The van der Waals surface area contributed by atoms with E-state index in [1.165, 1.54) is 37.2 Å². The number of methoxy groups -OCH3 is 2. The molecule has 0 aliphatic heterocycles. The molecule has 2 rings (SSSR count). The second-order valence-corrected chi connectivity index (χ2v) is 4.32. The number of amides is 1. The third-order valence-corrected chi connectivity index (χ3v) is 2.81. The summed E-state index contributed by atoms with van der Waals surface area (Å²) in [7, 11) is 3.03. The Morgan fingerprint density at radius 1 is 1.27 bits per heavy atom. The molecule has 22 heavy (non-hydrogen) atoms. The Morgan fingerprint density at radius 3 is 2.73 bits per heavy atom. The van der Waals surface area contributed by atoms with E-state index in [0.29, 0.717) is 18.2 Å². The van der Waals surface area contributed by atoms with E-state index in [4.69, 9.17) is 9.47 Å². The predicted molar refractivity (Wildman–Crippen MR) is 79.1 cm³/mol. The zero-order valence-corrected chi connectivity index (χ0v) is 12.3. The lowest BCUT2D eigenvalue weighted by molar-refractivity contribution is 0.101. The number of hydrogen-bond donors (Lipinski definition) is 1. The summed E-state index contributed by atoms with van der Waals surface area (Å²) in [4.78, 5) is 27.7. The molecule has 8 heteroatoms. The van der Waals surface area contributed by atoms with Gasteiger partial charge in [-0.25, -0.2) is 9.67 Å². The fraction of sp³-hybridized carbons (Fsp3) is 0.286. The highest BCUT2D eigenvalue weighted by Crippen LogP contribution is 2.11. The largest absolute Gasteiger partial charge is 0.481 e. The Labute approximate surface area is 126 Å². The van der Waals surface area contributed by atoms with E-state index in [2.05, 4.69) is 15.4 Å². The van der Waals surface area contributed by atoms with Gasteiger partial charge in [0.2, 0.25) is 5.88 Å². The summed E-state index contributed by atoms with van der Waals surface area (Å²) in [6.45, 7) is 0.612. The van der Waals surface area contributed by atoms with Crippen molar-refractivity contribution in [2.75, 3.05) is 26.1 Å². The number of hydrogen-bond acceptors (Lipinski definition) is 6. The summed E-state index contributed by atoms with van der Waals surface area (Å²) in [5.74, 6) is 0.0161. The normalized spacial score (nSPS) is 10.3. The summed E-state index contributed by atoms with van der Waals surface area (Å²) in [6.07, 6.45) is 1.47. The van der Waals surface area contributed by atoms with Crippen molar-refractivity contribution in [2.24, 2.45) is 0 Å². The molecule has 8 nitrogen and oxygen atoms in total. The number of nitrogens with zero attached hydrogens (tertiary/aromatic N) is 3. The number of pyridine rings is 1. The molecule has 0 unspecified atom stereocenters. The minimum absolute atomic E-state index is 0.131. The number of anilines is 1. The lowest BCUT2D eigenvalue weighted by atomic mass is 10.3. The van der Waals surface area contributed by atoms with Crippen molar-refractivity contribution in [1.82, 2.24) is 14.8 Å². The first kappa shape index (κ1) is 15.6. The van der Waals surface area contributed by atoms with Crippen LogP contribution in [-0.4, -0.2) is 41.5 Å². The number of carbonyl (C=O) groups excluding carboxylic acids is 1. The van der Waals surface area contributed by atoms with E-state index in [9.17, 15) is 9.59 Å². The second kappa shape index (κ2) is 7.32. The number of nitrogens with one attached hydrogen (secondary N) is 1. The van der Waals surface area contributed by atoms with E-state index in [1.54, 1.807) is 12.1 Å². The Morgan fingerprint density at radius 2 is 2.09 bits per heavy atom. The summed E-state index contributed by atoms with van der Waals surface area (Å²) in [5.41, 5.74) is 0.341. The maximum Gasteiger partial charge on any atom is 0.276 e. The van der Waals surface area contributed by atoms with Crippen molar-refractivity contribution in [3.8, 4) is 5.88 Å². The van der Waals surface area contributed by atoms with E-state index in [-0.39, 0.29) is 17.8 Å². The Balaban J connectivity index is 2.12. The maximum absolute atomic E-state index is 12.1. The van der Waals surface area contributed by atoms with Crippen LogP contribution in [0.5, 0.6) is 5.88 Å². The lowest BCUT2D eigenvalue weighted by Crippen LogP contribution is -2.27. The number of rotatable bonds is 6. The molecule has 0 aliphatic carbocycles. The quantitative estimate of drug-likeness (QED) is 0.837. The van der Waals surface area contributed by atoms with Gasteiger partial charge in [0.1, 0.15) is 5.69 Å². The van der Waals surface area contributed by atoms with E-state index in [1.807, 2.05) is 0 Å². The molecule has 0 saturated heterocycles. The monoisotopic (exact) mass is 304 g/mol. The van der Waals surface area contributed by atoms with Crippen molar-refractivity contribution in [3.63, 3.8) is 0 Å². The molecule has 1 N–H and O–H groups in total. The zero-order chi connectivity index (χ0) is 15.9. The first-order chi connectivity index (χ1) is 10.6. The molecule has 0 fully saturated rings. The van der Waals surface area contributed by atoms with Crippen molar-refractivity contribution < 1.29 is 14.3 Å². The molecule has 0 aromatic carbocycles.